The van der Waals surface area contributed by atoms with E-state index in [9.17, 15) is 5.11 Å². The van der Waals surface area contributed by atoms with Crippen molar-refractivity contribution in [1.29, 1.82) is 5.26 Å². The average Bonchev–Trinajstić information content (AvgIpc) is 2.77. The maximum atomic E-state index is 9.33. The Hall–Kier alpha value is -1.83. The van der Waals surface area contributed by atoms with E-state index in [0.717, 1.165) is 11.3 Å². The van der Waals surface area contributed by atoms with Crippen LogP contribution in [0.3, 0.4) is 0 Å². The van der Waals surface area contributed by atoms with Crippen molar-refractivity contribution in [1.82, 2.24) is 4.98 Å². The van der Waals surface area contributed by atoms with Gasteiger partial charge in [0.2, 0.25) is 0 Å². The molecule has 0 amide bonds. The van der Waals surface area contributed by atoms with E-state index < -0.39 is 0 Å². The lowest BCUT2D eigenvalue weighted by atomic mass is 10.1. The molecule has 0 aliphatic heterocycles. The van der Waals surface area contributed by atoms with Crippen LogP contribution >= 0.6 is 22.9 Å². The third-order valence-electron chi connectivity index (χ3n) is 2.25. The molecule has 0 radical (unpaired) electrons. The van der Waals surface area contributed by atoms with Crippen molar-refractivity contribution in [2.75, 3.05) is 0 Å². The first kappa shape index (κ1) is 12.6. The molecule has 1 heterocycles. The molecule has 0 aliphatic rings. The number of aromatic hydroxyl groups is 1. The number of rotatable bonds is 2. The van der Waals surface area contributed by atoms with Crippen LogP contribution in [-0.4, -0.2) is 10.1 Å². The van der Waals surface area contributed by atoms with Gasteiger partial charge in [0.05, 0.1) is 10.6 Å². The Morgan fingerprint density at radius 3 is 2.89 bits per heavy atom. The van der Waals surface area contributed by atoms with Crippen LogP contribution in [0.2, 0.25) is 5.02 Å². The van der Waals surface area contributed by atoms with Gasteiger partial charge < -0.3 is 5.11 Å². The number of thiazole rings is 1. The van der Waals surface area contributed by atoms with Crippen molar-refractivity contribution in [2.45, 2.75) is 6.92 Å². The first-order valence-corrected chi connectivity index (χ1v) is 6.38. The van der Waals surface area contributed by atoms with Gasteiger partial charge in [0.1, 0.15) is 16.8 Å². The van der Waals surface area contributed by atoms with Gasteiger partial charge in [-0.3, -0.25) is 0 Å². The fourth-order valence-corrected chi connectivity index (χ4v) is 2.35. The van der Waals surface area contributed by atoms with Crippen molar-refractivity contribution in [3.05, 3.63) is 44.9 Å². The molecule has 90 valence electrons. The molecular formula is C13H9ClN2OS. The number of hydrogen-bond acceptors (Lipinski definition) is 4. The predicted molar refractivity (Wildman–Crippen MR) is 73.5 cm³/mol. The second-order valence-electron chi connectivity index (χ2n) is 3.67. The van der Waals surface area contributed by atoms with E-state index in [1.54, 1.807) is 18.2 Å². The van der Waals surface area contributed by atoms with E-state index in [-0.39, 0.29) is 10.8 Å². The molecule has 1 aromatic carbocycles. The largest absolute Gasteiger partial charge is 0.506 e. The Labute approximate surface area is 114 Å². The summed E-state index contributed by atoms with van der Waals surface area (Å²) in [7, 11) is 0. The van der Waals surface area contributed by atoms with Crippen LogP contribution in [0.5, 0.6) is 5.75 Å². The fraction of sp³-hybridized carbons (Fsp3) is 0.0769. The summed E-state index contributed by atoms with van der Waals surface area (Å²) in [4.78, 5) is 4.26. The molecule has 5 heteroatoms. The zero-order valence-electron chi connectivity index (χ0n) is 9.51. The quantitative estimate of drug-likeness (QED) is 0.847. The van der Waals surface area contributed by atoms with Crippen LogP contribution < -0.4 is 0 Å². The number of benzene rings is 1. The Bertz CT molecular complexity index is 655. The maximum absolute atomic E-state index is 9.33. The summed E-state index contributed by atoms with van der Waals surface area (Å²) in [6.45, 7) is 1.88. The monoisotopic (exact) mass is 276 g/mol. The van der Waals surface area contributed by atoms with Gasteiger partial charge in [0, 0.05) is 11.1 Å². The summed E-state index contributed by atoms with van der Waals surface area (Å²) in [6.07, 6.45) is 1.70. The van der Waals surface area contributed by atoms with Gasteiger partial charge >= 0.3 is 0 Å². The van der Waals surface area contributed by atoms with Crippen LogP contribution in [-0.2, 0) is 0 Å². The molecule has 0 saturated heterocycles. The number of phenols is 1. The number of hydrogen-bond donors (Lipinski definition) is 1. The Morgan fingerprint density at radius 1 is 1.56 bits per heavy atom. The van der Waals surface area contributed by atoms with Gasteiger partial charge in [0.15, 0.2) is 0 Å². The van der Waals surface area contributed by atoms with Gasteiger partial charge in [-0.25, -0.2) is 4.98 Å². The van der Waals surface area contributed by atoms with Crippen molar-refractivity contribution in [2.24, 2.45) is 0 Å². The summed E-state index contributed by atoms with van der Waals surface area (Å²) in [5.74, 6) is 0.0254. The summed E-state index contributed by atoms with van der Waals surface area (Å²) >= 11 is 7.24. The molecule has 3 nitrogen and oxygen atoms in total. The molecule has 1 N–H and O–H groups in total. The molecule has 18 heavy (non-hydrogen) atoms. The first-order valence-electron chi connectivity index (χ1n) is 5.13. The minimum atomic E-state index is 0.0254. The number of aromatic nitrogens is 1. The lowest BCUT2D eigenvalue weighted by Gasteiger charge is -1.99. The molecule has 2 aromatic rings. The highest BCUT2D eigenvalue weighted by atomic mass is 35.5. The van der Waals surface area contributed by atoms with E-state index in [4.69, 9.17) is 16.9 Å². The van der Waals surface area contributed by atoms with Gasteiger partial charge in [0.25, 0.3) is 0 Å². The minimum absolute atomic E-state index is 0.0254. The van der Waals surface area contributed by atoms with E-state index in [1.165, 1.54) is 17.4 Å². The molecular weight excluding hydrogens is 268 g/mol. The van der Waals surface area contributed by atoms with Crippen LogP contribution in [0.1, 0.15) is 16.3 Å². The zero-order valence-corrected chi connectivity index (χ0v) is 11.1. The maximum Gasteiger partial charge on any atom is 0.134 e. The normalized spacial score (nSPS) is 11.3. The van der Waals surface area contributed by atoms with Crippen molar-refractivity contribution in [3.63, 3.8) is 0 Å². The second-order valence-corrected chi connectivity index (χ2v) is 4.94. The number of aryl methyl sites for hydroxylation is 1. The Kier molecular flexibility index (Phi) is 3.66. The Balaban J connectivity index is 2.41. The van der Waals surface area contributed by atoms with E-state index >= 15 is 0 Å². The van der Waals surface area contributed by atoms with Crippen LogP contribution in [0.4, 0.5) is 0 Å². The van der Waals surface area contributed by atoms with Gasteiger partial charge in [-0.1, -0.05) is 17.7 Å². The smallest absolute Gasteiger partial charge is 0.134 e. The number of nitrogens with zero attached hydrogens (tertiary/aromatic N) is 2. The molecule has 2 rings (SSSR count). The molecule has 0 spiro atoms. The summed E-state index contributed by atoms with van der Waals surface area (Å²) in [6, 6.07) is 6.91. The summed E-state index contributed by atoms with van der Waals surface area (Å²) < 4.78 is 0. The van der Waals surface area contributed by atoms with Crippen molar-refractivity contribution >= 4 is 34.6 Å². The third kappa shape index (κ3) is 2.70. The van der Waals surface area contributed by atoms with Gasteiger partial charge in [-0.15, -0.1) is 11.3 Å². The highest BCUT2D eigenvalue weighted by molar-refractivity contribution is 7.11. The molecule has 0 fully saturated rings. The topological polar surface area (TPSA) is 56.9 Å². The van der Waals surface area contributed by atoms with E-state index in [0.29, 0.717) is 10.6 Å². The average molecular weight is 277 g/mol. The van der Waals surface area contributed by atoms with Crippen LogP contribution in [0, 0.1) is 18.3 Å². The second kappa shape index (κ2) is 5.21. The van der Waals surface area contributed by atoms with E-state index in [1.807, 2.05) is 12.3 Å². The van der Waals surface area contributed by atoms with Gasteiger partial charge in [-0.2, -0.15) is 5.26 Å². The predicted octanol–water partition coefficient (Wildman–Crippen LogP) is 3.87. The third-order valence-corrected chi connectivity index (χ3v) is 3.55. The highest BCUT2D eigenvalue weighted by Gasteiger charge is 2.06. The molecule has 0 aliphatic carbocycles. The van der Waals surface area contributed by atoms with Crippen LogP contribution in [0.15, 0.2) is 23.6 Å². The molecule has 0 atom stereocenters. The molecule has 0 bridgehead atoms. The molecule has 1 aromatic heterocycles. The standard InChI is InChI=1S/C13H9ClN2OS/c1-8-7-18-13(16-8)10(6-15)4-9-2-3-12(17)11(14)5-9/h2-5,7,17H,1H3/b10-4-. The highest BCUT2D eigenvalue weighted by Crippen LogP contribution is 2.27. The zero-order chi connectivity index (χ0) is 13.1. The molecule has 0 saturated carbocycles. The minimum Gasteiger partial charge on any atom is -0.506 e. The SMILES string of the molecule is Cc1csc(/C(C#N)=C\c2ccc(O)c(Cl)c2)n1. The lowest BCUT2D eigenvalue weighted by Crippen LogP contribution is -1.82. The fourth-order valence-electron chi connectivity index (χ4n) is 1.40. The van der Waals surface area contributed by atoms with E-state index in [2.05, 4.69) is 11.1 Å². The summed E-state index contributed by atoms with van der Waals surface area (Å²) in [5.41, 5.74) is 2.12. The summed E-state index contributed by atoms with van der Waals surface area (Å²) in [5, 5.41) is 21.3. The number of halogens is 1. The first-order chi connectivity index (χ1) is 8.60. The van der Waals surface area contributed by atoms with Gasteiger partial charge in [-0.05, 0) is 30.7 Å². The van der Waals surface area contributed by atoms with Crippen LogP contribution in [0.25, 0.3) is 11.6 Å². The van der Waals surface area contributed by atoms with Crippen molar-refractivity contribution in [3.8, 4) is 11.8 Å². The number of allylic oxidation sites excluding steroid dienone is 1. The van der Waals surface area contributed by atoms with Crippen molar-refractivity contribution < 1.29 is 5.11 Å². The lowest BCUT2D eigenvalue weighted by molar-refractivity contribution is 0.475. The number of nitriles is 1. The Morgan fingerprint density at radius 2 is 2.33 bits per heavy atom. The molecule has 0 unspecified atom stereocenters. The number of phenolic OH excluding ortho intramolecular Hbond substituents is 1.